The molecule has 3 nitrogen and oxygen atoms in total. The van der Waals surface area contributed by atoms with Crippen LogP contribution in [-0.2, 0) is 12.8 Å². The van der Waals surface area contributed by atoms with E-state index in [9.17, 15) is 4.79 Å². The summed E-state index contributed by atoms with van der Waals surface area (Å²) in [4.78, 5) is 14.1. The van der Waals surface area contributed by atoms with Crippen LogP contribution in [0, 0.1) is 12.8 Å². The molecule has 2 unspecified atom stereocenters. The lowest BCUT2D eigenvalue weighted by Gasteiger charge is -2.27. The SMILES string of the molecule is CCC1CCc2c(sc3c2C(=O)NC(c2ccc(C)cc2)N3)C1. The van der Waals surface area contributed by atoms with E-state index in [0.717, 1.165) is 34.9 Å². The number of anilines is 1. The Labute approximate surface area is 141 Å². The molecule has 23 heavy (non-hydrogen) atoms. The number of carbonyl (C=O) groups is 1. The number of fused-ring (bicyclic) bond motifs is 3. The largest absolute Gasteiger partial charge is 0.353 e. The summed E-state index contributed by atoms with van der Waals surface area (Å²) < 4.78 is 0. The molecule has 2 atom stereocenters. The Morgan fingerprint density at radius 1 is 1.22 bits per heavy atom. The minimum absolute atomic E-state index is 0.0803. The van der Waals surface area contributed by atoms with Gasteiger partial charge in [-0.25, -0.2) is 0 Å². The number of benzene rings is 1. The molecule has 1 aromatic heterocycles. The first-order valence-electron chi connectivity index (χ1n) is 8.44. The number of thiophene rings is 1. The molecule has 1 aromatic carbocycles. The van der Waals surface area contributed by atoms with Crippen LogP contribution >= 0.6 is 11.3 Å². The molecule has 1 amide bonds. The predicted octanol–water partition coefficient (Wildman–Crippen LogP) is 4.43. The Balaban J connectivity index is 1.66. The van der Waals surface area contributed by atoms with Gasteiger partial charge in [0.15, 0.2) is 0 Å². The highest BCUT2D eigenvalue weighted by Crippen LogP contribution is 2.43. The van der Waals surface area contributed by atoms with Crippen molar-refractivity contribution in [2.75, 3.05) is 5.32 Å². The lowest BCUT2D eigenvalue weighted by Crippen LogP contribution is -2.38. The van der Waals surface area contributed by atoms with Crippen molar-refractivity contribution in [1.82, 2.24) is 5.32 Å². The smallest absolute Gasteiger partial charge is 0.256 e. The second-order valence-corrected chi connectivity index (χ2v) is 7.79. The van der Waals surface area contributed by atoms with Crippen molar-refractivity contribution >= 4 is 22.2 Å². The van der Waals surface area contributed by atoms with Gasteiger partial charge in [-0.2, -0.15) is 0 Å². The summed E-state index contributed by atoms with van der Waals surface area (Å²) in [5, 5.41) is 7.72. The van der Waals surface area contributed by atoms with E-state index in [0.29, 0.717) is 0 Å². The number of hydrogen-bond donors (Lipinski definition) is 2. The highest BCUT2D eigenvalue weighted by atomic mass is 32.1. The normalized spacial score (nSPS) is 22.8. The Kier molecular flexibility index (Phi) is 3.64. The zero-order chi connectivity index (χ0) is 16.0. The van der Waals surface area contributed by atoms with Gasteiger partial charge in [0.25, 0.3) is 5.91 Å². The molecule has 2 aromatic rings. The first-order valence-corrected chi connectivity index (χ1v) is 9.26. The highest BCUT2D eigenvalue weighted by molar-refractivity contribution is 7.16. The molecule has 2 heterocycles. The van der Waals surface area contributed by atoms with Crippen LogP contribution in [0.4, 0.5) is 5.00 Å². The van der Waals surface area contributed by atoms with E-state index >= 15 is 0 Å². The Bertz CT molecular complexity index is 747. The quantitative estimate of drug-likeness (QED) is 0.857. The molecule has 0 saturated carbocycles. The number of nitrogens with one attached hydrogen (secondary N) is 2. The van der Waals surface area contributed by atoms with Gasteiger partial charge in [0.05, 0.1) is 5.56 Å². The Hall–Kier alpha value is -1.81. The van der Waals surface area contributed by atoms with Gasteiger partial charge in [0.1, 0.15) is 11.2 Å². The molecule has 0 fully saturated rings. The summed E-state index contributed by atoms with van der Waals surface area (Å²) >= 11 is 1.79. The lowest BCUT2D eigenvalue weighted by atomic mass is 9.85. The molecule has 0 spiro atoms. The Morgan fingerprint density at radius 3 is 2.74 bits per heavy atom. The van der Waals surface area contributed by atoms with Gasteiger partial charge < -0.3 is 10.6 Å². The molecule has 4 heteroatoms. The fourth-order valence-corrected chi connectivity index (χ4v) is 5.03. The second-order valence-electron chi connectivity index (χ2n) is 6.69. The fraction of sp³-hybridized carbons (Fsp3) is 0.421. The molecule has 0 saturated heterocycles. The monoisotopic (exact) mass is 326 g/mol. The first-order chi connectivity index (χ1) is 11.2. The summed E-state index contributed by atoms with van der Waals surface area (Å²) in [6.07, 6.45) is 4.49. The predicted molar refractivity (Wildman–Crippen MR) is 95.1 cm³/mol. The molecule has 1 aliphatic carbocycles. The van der Waals surface area contributed by atoms with Crippen molar-refractivity contribution in [2.24, 2.45) is 5.92 Å². The van der Waals surface area contributed by atoms with E-state index < -0.39 is 0 Å². The van der Waals surface area contributed by atoms with E-state index in [1.54, 1.807) is 11.3 Å². The van der Waals surface area contributed by atoms with Crippen LogP contribution in [0.3, 0.4) is 0 Å². The third-order valence-electron chi connectivity index (χ3n) is 5.13. The van der Waals surface area contributed by atoms with Crippen LogP contribution in [0.2, 0.25) is 0 Å². The number of hydrogen-bond acceptors (Lipinski definition) is 3. The molecular formula is C19H22N2OS. The van der Waals surface area contributed by atoms with Gasteiger partial charge in [-0.1, -0.05) is 43.2 Å². The topological polar surface area (TPSA) is 41.1 Å². The minimum atomic E-state index is -0.127. The third kappa shape index (κ3) is 2.55. The average molecular weight is 326 g/mol. The fourth-order valence-electron chi connectivity index (χ4n) is 3.64. The number of carbonyl (C=O) groups excluding carboxylic acids is 1. The first kappa shape index (κ1) is 14.8. The maximum absolute atomic E-state index is 12.7. The van der Waals surface area contributed by atoms with E-state index in [2.05, 4.69) is 48.7 Å². The average Bonchev–Trinajstić information content (AvgIpc) is 2.93. The van der Waals surface area contributed by atoms with Crippen molar-refractivity contribution in [1.29, 1.82) is 0 Å². The van der Waals surface area contributed by atoms with Gasteiger partial charge in [-0.3, -0.25) is 4.79 Å². The van der Waals surface area contributed by atoms with Crippen LogP contribution in [0.15, 0.2) is 24.3 Å². The van der Waals surface area contributed by atoms with Gasteiger partial charge in [0.2, 0.25) is 0 Å². The molecule has 2 N–H and O–H groups in total. The molecule has 2 aliphatic rings. The number of aryl methyl sites for hydroxylation is 1. The lowest BCUT2D eigenvalue weighted by molar-refractivity contribution is 0.0935. The minimum Gasteiger partial charge on any atom is -0.353 e. The van der Waals surface area contributed by atoms with Crippen molar-refractivity contribution in [3.05, 3.63) is 51.4 Å². The van der Waals surface area contributed by atoms with Crippen LogP contribution in [-0.4, -0.2) is 5.91 Å². The Morgan fingerprint density at radius 2 is 2.00 bits per heavy atom. The zero-order valence-electron chi connectivity index (χ0n) is 13.6. The van der Waals surface area contributed by atoms with Crippen LogP contribution in [0.25, 0.3) is 0 Å². The molecule has 0 radical (unpaired) electrons. The van der Waals surface area contributed by atoms with Gasteiger partial charge in [0, 0.05) is 4.88 Å². The standard InChI is InChI=1S/C19H22N2OS/c1-3-12-6-9-14-15(10-12)23-19-16(14)18(22)20-17(21-19)13-7-4-11(2)5-8-13/h4-5,7-8,12,17,21H,3,6,9-10H2,1-2H3,(H,20,22). The molecule has 1 aliphatic heterocycles. The summed E-state index contributed by atoms with van der Waals surface area (Å²) in [7, 11) is 0. The summed E-state index contributed by atoms with van der Waals surface area (Å²) in [5.41, 5.74) is 4.53. The zero-order valence-corrected chi connectivity index (χ0v) is 14.4. The molecular weight excluding hydrogens is 304 g/mol. The van der Waals surface area contributed by atoms with E-state index in [-0.39, 0.29) is 12.1 Å². The van der Waals surface area contributed by atoms with E-state index in [1.807, 2.05) is 0 Å². The summed E-state index contributed by atoms with van der Waals surface area (Å²) in [6, 6.07) is 8.34. The molecule has 120 valence electrons. The second kappa shape index (κ2) is 5.68. The number of rotatable bonds is 2. The van der Waals surface area contributed by atoms with Crippen molar-refractivity contribution in [3.63, 3.8) is 0 Å². The van der Waals surface area contributed by atoms with Crippen molar-refractivity contribution < 1.29 is 4.79 Å². The van der Waals surface area contributed by atoms with E-state index in [1.165, 1.54) is 28.8 Å². The molecule has 0 bridgehead atoms. The highest BCUT2D eigenvalue weighted by Gasteiger charge is 2.33. The third-order valence-corrected chi connectivity index (χ3v) is 6.32. The van der Waals surface area contributed by atoms with Crippen molar-refractivity contribution in [3.8, 4) is 0 Å². The maximum Gasteiger partial charge on any atom is 0.256 e. The van der Waals surface area contributed by atoms with Crippen molar-refractivity contribution in [2.45, 2.75) is 45.7 Å². The molecule has 4 rings (SSSR count). The van der Waals surface area contributed by atoms with Gasteiger partial charge >= 0.3 is 0 Å². The van der Waals surface area contributed by atoms with Gasteiger partial charge in [-0.15, -0.1) is 11.3 Å². The summed E-state index contributed by atoms with van der Waals surface area (Å²) in [5.74, 6) is 0.857. The number of amides is 1. The van der Waals surface area contributed by atoms with Crippen LogP contribution in [0.1, 0.15) is 57.9 Å². The maximum atomic E-state index is 12.7. The van der Waals surface area contributed by atoms with Gasteiger partial charge in [-0.05, 0) is 43.2 Å². The van der Waals surface area contributed by atoms with Crippen LogP contribution in [0.5, 0.6) is 0 Å². The summed E-state index contributed by atoms with van der Waals surface area (Å²) in [6.45, 7) is 4.34. The van der Waals surface area contributed by atoms with Crippen LogP contribution < -0.4 is 10.6 Å². The van der Waals surface area contributed by atoms with E-state index in [4.69, 9.17) is 0 Å².